The Hall–Kier alpha value is -3.28. The van der Waals surface area contributed by atoms with Crippen molar-refractivity contribution in [3.05, 3.63) is 64.6 Å². The number of carbonyl (C=O) groups is 2. The third kappa shape index (κ3) is 20.0. The van der Waals surface area contributed by atoms with Crippen LogP contribution >= 0.6 is 0 Å². The number of phenolic OH excluding ortho intramolecular Hbond substituents is 1. The van der Waals surface area contributed by atoms with E-state index in [2.05, 4.69) is 37.9 Å². The SMILES string of the molecule is CCCCCCCCCCCCCCCCCCN(CC)c1ccc(C2=C(O)/C(=C3/C=CC(NC(CC)CCCCCCCCCCCCCCCCC)=CC3=O)C2=O)c(O)c1. The second-order valence-corrected chi connectivity index (χ2v) is 18.7. The molecule has 0 aliphatic heterocycles. The Morgan fingerprint density at radius 2 is 1.00 bits per heavy atom. The summed E-state index contributed by atoms with van der Waals surface area (Å²) in [6.45, 7) is 10.6. The largest absolute Gasteiger partial charge is 0.507 e. The Balaban J connectivity index is 1.34. The van der Waals surface area contributed by atoms with Crippen molar-refractivity contribution in [2.75, 3.05) is 18.0 Å². The molecule has 0 saturated carbocycles. The van der Waals surface area contributed by atoms with Crippen molar-refractivity contribution in [3.63, 3.8) is 0 Å². The maximum atomic E-state index is 13.4. The minimum absolute atomic E-state index is 0.0311. The minimum atomic E-state index is -0.413. The van der Waals surface area contributed by atoms with Crippen molar-refractivity contribution in [1.82, 2.24) is 5.32 Å². The summed E-state index contributed by atoms with van der Waals surface area (Å²) >= 11 is 0. The number of hydrogen-bond acceptors (Lipinski definition) is 6. The molecule has 2 aliphatic rings. The van der Waals surface area contributed by atoms with Gasteiger partial charge in [-0.25, -0.2) is 0 Å². The molecule has 0 saturated heterocycles. The van der Waals surface area contributed by atoms with E-state index in [0.717, 1.165) is 43.7 Å². The average molecular weight is 857 g/mol. The van der Waals surface area contributed by atoms with Crippen LogP contribution in [0.5, 0.6) is 5.75 Å². The summed E-state index contributed by atoms with van der Waals surface area (Å²) in [6.07, 6.45) is 48.9. The molecular weight excluding hydrogens is 765 g/mol. The molecule has 1 aromatic rings. The number of benzene rings is 1. The molecule has 3 rings (SSSR count). The third-order valence-corrected chi connectivity index (χ3v) is 13.5. The number of carbonyl (C=O) groups excluding carboxylic acids is 2. The molecule has 0 fully saturated rings. The summed E-state index contributed by atoms with van der Waals surface area (Å²) in [4.78, 5) is 28.9. The normalized spacial score (nSPS) is 15.6. The second-order valence-electron chi connectivity index (χ2n) is 18.7. The Kier molecular flexibility index (Phi) is 28.5. The number of allylic oxidation sites excluding steroid dienone is 6. The van der Waals surface area contributed by atoms with Gasteiger partial charge in [-0.3, -0.25) is 9.59 Å². The van der Waals surface area contributed by atoms with Crippen LogP contribution in [-0.2, 0) is 9.59 Å². The highest BCUT2D eigenvalue weighted by atomic mass is 16.3. The van der Waals surface area contributed by atoms with Crippen LogP contribution in [0.15, 0.2) is 59.0 Å². The predicted molar refractivity (Wildman–Crippen MR) is 266 cm³/mol. The number of phenols is 1. The third-order valence-electron chi connectivity index (χ3n) is 13.5. The van der Waals surface area contributed by atoms with Crippen LogP contribution in [0, 0.1) is 0 Å². The van der Waals surface area contributed by atoms with Gasteiger partial charge in [0.1, 0.15) is 11.5 Å². The Morgan fingerprint density at radius 3 is 1.40 bits per heavy atom. The van der Waals surface area contributed by atoms with E-state index in [0.29, 0.717) is 5.56 Å². The predicted octanol–water partition coefficient (Wildman–Crippen LogP) is 16.3. The number of aliphatic hydroxyl groups excluding tert-OH is 1. The summed E-state index contributed by atoms with van der Waals surface area (Å²) in [5.74, 6) is -0.971. The van der Waals surface area contributed by atoms with Gasteiger partial charge in [0.05, 0.1) is 11.1 Å². The lowest BCUT2D eigenvalue weighted by atomic mass is 9.79. The molecule has 6 heteroatoms. The number of aromatic hydroxyl groups is 1. The van der Waals surface area contributed by atoms with E-state index in [1.807, 2.05) is 12.1 Å². The van der Waals surface area contributed by atoms with E-state index >= 15 is 0 Å². The van der Waals surface area contributed by atoms with Gasteiger partial charge in [-0.15, -0.1) is 0 Å². The van der Waals surface area contributed by atoms with Crippen molar-refractivity contribution in [2.45, 2.75) is 246 Å². The summed E-state index contributed by atoms with van der Waals surface area (Å²) in [5, 5.41) is 25.7. The number of Topliss-reactive ketones (excluding diaryl/α,β-unsaturated/α-hetero) is 1. The van der Waals surface area contributed by atoms with E-state index in [4.69, 9.17) is 0 Å². The van der Waals surface area contributed by atoms with E-state index in [1.54, 1.807) is 24.3 Å². The van der Waals surface area contributed by atoms with E-state index in [9.17, 15) is 19.8 Å². The second kappa shape index (κ2) is 33.3. The lowest BCUT2D eigenvalue weighted by molar-refractivity contribution is -0.114. The maximum absolute atomic E-state index is 13.4. The van der Waals surface area contributed by atoms with Crippen molar-refractivity contribution < 1.29 is 19.8 Å². The van der Waals surface area contributed by atoms with E-state index in [-0.39, 0.29) is 40.1 Å². The van der Waals surface area contributed by atoms with E-state index < -0.39 is 5.78 Å². The summed E-state index contributed by atoms with van der Waals surface area (Å²) in [7, 11) is 0. The Labute approximate surface area is 380 Å². The van der Waals surface area contributed by atoms with Crippen LogP contribution in [0.25, 0.3) is 5.57 Å². The number of hydrogen-bond donors (Lipinski definition) is 3. The molecule has 1 unspecified atom stereocenters. The molecule has 0 heterocycles. The van der Waals surface area contributed by atoms with Gasteiger partial charge >= 0.3 is 0 Å². The number of aliphatic hydroxyl groups is 1. The molecule has 1 aromatic carbocycles. The van der Waals surface area contributed by atoms with Gasteiger partial charge in [-0.2, -0.15) is 0 Å². The number of ketones is 2. The van der Waals surface area contributed by atoms with Crippen LogP contribution in [0.4, 0.5) is 5.69 Å². The molecule has 1 atom stereocenters. The highest BCUT2D eigenvalue weighted by Crippen LogP contribution is 2.43. The number of rotatable bonds is 39. The van der Waals surface area contributed by atoms with Crippen molar-refractivity contribution >= 4 is 22.8 Å². The topological polar surface area (TPSA) is 89.9 Å². The monoisotopic (exact) mass is 857 g/mol. The van der Waals surface area contributed by atoms with Gasteiger partial charge in [-0.1, -0.05) is 213 Å². The molecule has 0 spiro atoms. The zero-order valence-corrected chi connectivity index (χ0v) is 40.4. The van der Waals surface area contributed by atoms with Gasteiger partial charge in [0.15, 0.2) is 5.78 Å². The fourth-order valence-corrected chi connectivity index (χ4v) is 9.35. The molecular formula is C56H92N2O4. The number of anilines is 1. The molecule has 6 nitrogen and oxygen atoms in total. The molecule has 2 aliphatic carbocycles. The van der Waals surface area contributed by atoms with Crippen molar-refractivity contribution in [1.29, 1.82) is 0 Å². The molecule has 0 amide bonds. The van der Waals surface area contributed by atoms with Gasteiger partial charge < -0.3 is 20.4 Å². The summed E-state index contributed by atoms with van der Waals surface area (Å²) in [6, 6.07) is 5.61. The Morgan fingerprint density at radius 1 is 0.548 bits per heavy atom. The van der Waals surface area contributed by atoms with Gasteiger partial charge in [0.2, 0.25) is 5.78 Å². The first-order valence-corrected chi connectivity index (χ1v) is 26.4. The van der Waals surface area contributed by atoms with Crippen LogP contribution in [0.2, 0.25) is 0 Å². The van der Waals surface area contributed by atoms with Crippen LogP contribution in [-0.4, -0.2) is 40.9 Å². The summed E-state index contributed by atoms with van der Waals surface area (Å²) in [5.41, 5.74) is 2.25. The van der Waals surface area contributed by atoms with Crippen molar-refractivity contribution in [2.24, 2.45) is 0 Å². The lowest BCUT2D eigenvalue weighted by Gasteiger charge is -2.27. The molecule has 0 radical (unpaired) electrons. The number of unbranched alkanes of at least 4 members (excludes halogenated alkanes) is 29. The zero-order valence-electron chi connectivity index (χ0n) is 40.4. The average Bonchev–Trinajstić information content (AvgIpc) is 3.27. The smallest absolute Gasteiger partial charge is 0.202 e. The molecule has 350 valence electrons. The van der Waals surface area contributed by atoms with Crippen LogP contribution < -0.4 is 10.2 Å². The fraction of sp³-hybridized carbons (Fsp3) is 0.714. The van der Waals surface area contributed by atoms with Crippen LogP contribution in [0.3, 0.4) is 0 Å². The summed E-state index contributed by atoms with van der Waals surface area (Å²) < 4.78 is 0. The fourth-order valence-electron chi connectivity index (χ4n) is 9.35. The van der Waals surface area contributed by atoms with Gasteiger partial charge in [0, 0.05) is 53.8 Å². The quantitative estimate of drug-likeness (QED) is 0.0451. The highest BCUT2D eigenvalue weighted by Gasteiger charge is 2.39. The molecule has 0 bridgehead atoms. The van der Waals surface area contributed by atoms with E-state index in [1.165, 1.54) is 193 Å². The minimum Gasteiger partial charge on any atom is -0.507 e. The standard InChI is InChI=1S/C56H92N2O4/c1-5-9-11-13-15-17-19-21-23-25-27-29-31-33-35-37-43-58(8-4)48-40-42-50(52(60)45-48)54-55(61)53(56(54)62)49-41-39-47(44-51(49)59)57-46(7-3)38-36-34-32-30-28-26-24-22-20-18-16-14-12-10-6-2/h39-42,44-46,57,60-61H,5-38,43H2,1-4H3/b53-49+. The van der Waals surface area contributed by atoms with Gasteiger partial charge in [0.25, 0.3) is 0 Å². The maximum Gasteiger partial charge on any atom is 0.202 e. The first-order valence-electron chi connectivity index (χ1n) is 26.4. The number of nitrogens with zero attached hydrogens (tertiary/aromatic N) is 1. The molecule has 62 heavy (non-hydrogen) atoms. The first kappa shape index (κ1) is 53.1. The number of nitrogens with one attached hydrogen (secondary N) is 1. The van der Waals surface area contributed by atoms with Crippen molar-refractivity contribution in [3.8, 4) is 5.75 Å². The molecule has 3 N–H and O–H groups in total. The lowest BCUT2D eigenvalue weighted by Crippen LogP contribution is -2.30. The highest BCUT2D eigenvalue weighted by molar-refractivity contribution is 6.41. The first-order chi connectivity index (χ1) is 30.4. The van der Waals surface area contributed by atoms with Crippen LogP contribution in [0.1, 0.15) is 245 Å². The Bertz CT molecular complexity index is 1540. The van der Waals surface area contributed by atoms with Gasteiger partial charge in [-0.05, 0) is 50.5 Å². The molecule has 0 aromatic heterocycles. The zero-order chi connectivity index (χ0) is 44.6.